The number of β-lactam (4-membered cyclic amide) rings is 1. The first kappa shape index (κ1) is 25.7. The van der Waals surface area contributed by atoms with Crippen LogP contribution in [0.25, 0.3) is 0 Å². The van der Waals surface area contributed by atoms with Crippen LogP contribution in [0.1, 0.15) is 40.5 Å². The van der Waals surface area contributed by atoms with Crippen LogP contribution in [0.5, 0.6) is 17.2 Å². The second kappa shape index (κ2) is 9.36. The number of hydrogen-bond acceptors (Lipinski definition) is 8. The zero-order valence-electron chi connectivity index (χ0n) is 20.0. The number of ketones is 1. The largest absolute Gasteiger partial charge is 0.493 e. The summed E-state index contributed by atoms with van der Waals surface area (Å²) in [6, 6.07) is 3.75. The lowest BCUT2D eigenvalue weighted by molar-refractivity contribution is -0.172. The molecule has 2 aliphatic heterocycles. The van der Waals surface area contributed by atoms with Gasteiger partial charge in [-0.25, -0.2) is 4.79 Å². The van der Waals surface area contributed by atoms with Gasteiger partial charge >= 0.3 is 5.97 Å². The van der Waals surface area contributed by atoms with Crippen LogP contribution in [0.2, 0.25) is 0 Å². The van der Waals surface area contributed by atoms with Crippen LogP contribution in [-0.2, 0) is 19.2 Å². The third kappa shape index (κ3) is 4.06. The van der Waals surface area contributed by atoms with E-state index in [1.807, 2.05) is 6.92 Å². The second-order valence-electron chi connectivity index (χ2n) is 8.79. The molecule has 34 heavy (non-hydrogen) atoms. The predicted octanol–water partition coefficient (Wildman–Crippen LogP) is 1.84. The number of hydrogen-bond donors (Lipinski definition) is 2. The Morgan fingerprint density at radius 1 is 1.21 bits per heavy atom. The number of ether oxygens (including phenoxy) is 3. The fraction of sp³-hybridized carbons (Fsp3) is 0.565. The average Bonchev–Trinajstić information content (AvgIpc) is 3.05. The number of carboxylic acid groups (broad SMARTS) is 1. The highest BCUT2D eigenvalue weighted by atomic mass is 32.2. The van der Waals surface area contributed by atoms with E-state index < -0.39 is 51.4 Å². The summed E-state index contributed by atoms with van der Waals surface area (Å²) in [5, 5.41) is 11.5. The molecule has 1 aromatic carbocycles. The summed E-state index contributed by atoms with van der Waals surface area (Å²) >= 11 is 1.19. The first-order valence-corrected chi connectivity index (χ1v) is 11.8. The third-order valence-corrected chi connectivity index (χ3v) is 7.77. The zero-order chi connectivity index (χ0) is 25.4. The Morgan fingerprint density at radius 2 is 1.85 bits per heavy atom. The Morgan fingerprint density at radius 3 is 2.38 bits per heavy atom. The van der Waals surface area contributed by atoms with Crippen molar-refractivity contribution in [1.29, 1.82) is 0 Å². The van der Waals surface area contributed by atoms with Gasteiger partial charge in [0.2, 0.25) is 5.54 Å². The van der Waals surface area contributed by atoms with Gasteiger partial charge < -0.3 is 29.5 Å². The van der Waals surface area contributed by atoms with Gasteiger partial charge in [-0.3, -0.25) is 14.4 Å². The monoisotopic (exact) mass is 494 g/mol. The molecule has 3 rings (SSSR count). The molecule has 2 saturated heterocycles. The lowest BCUT2D eigenvalue weighted by Gasteiger charge is -2.51. The van der Waals surface area contributed by atoms with Gasteiger partial charge in [0.15, 0.2) is 23.4 Å². The van der Waals surface area contributed by atoms with Gasteiger partial charge in [-0.05, 0) is 39.3 Å². The molecule has 0 aliphatic carbocycles. The number of aliphatic carboxylic acids is 1. The molecule has 2 heterocycles. The Labute approximate surface area is 202 Å². The smallest absolute Gasteiger partial charge is 0.327 e. The fourth-order valence-electron chi connectivity index (χ4n) is 4.42. The lowest BCUT2D eigenvalue weighted by atomic mass is 9.81. The number of benzene rings is 1. The average molecular weight is 495 g/mol. The van der Waals surface area contributed by atoms with E-state index in [1.54, 1.807) is 32.0 Å². The normalized spacial score (nSPS) is 25.6. The van der Waals surface area contributed by atoms with E-state index >= 15 is 0 Å². The van der Waals surface area contributed by atoms with Crippen molar-refractivity contribution in [2.24, 2.45) is 0 Å². The molecule has 1 unspecified atom stereocenters. The molecular formula is C23H30N2O8S. The van der Waals surface area contributed by atoms with E-state index in [0.29, 0.717) is 30.1 Å². The highest BCUT2D eigenvalue weighted by Crippen LogP contribution is 2.55. The molecule has 2 amide bonds. The lowest BCUT2D eigenvalue weighted by Crippen LogP contribution is -2.82. The minimum Gasteiger partial charge on any atom is -0.493 e. The molecule has 2 aliphatic rings. The van der Waals surface area contributed by atoms with Crippen LogP contribution in [0.3, 0.4) is 0 Å². The molecule has 0 aromatic heterocycles. The van der Waals surface area contributed by atoms with E-state index in [1.165, 1.54) is 37.8 Å². The molecule has 2 N–H and O–H groups in total. The first-order chi connectivity index (χ1) is 15.9. The summed E-state index contributed by atoms with van der Waals surface area (Å²) in [6.07, 6.45) is -0.0614. The number of nitrogens with one attached hydrogen (secondary N) is 1. The van der Waals surface area contributed by atoms with Crippen molar-refractivity contribution in [2.45, 2.75) is 68.3 Å². The maximum Gasteiger partial charge on any atom is 0.327 e. The van der Waals surface area contributed by atoms with Crippen molar-refractivity contribution in [3.05, 3.63) is 18.2 Å². The Bertz CT molecular complexity index is 1010. The van der Waals surface area contributed by atoms with E-state index in [-0.39, 0.29) is 0 Å². The molecule has 10 nitrogen and oxygen atoms in total. The van der Waals surface area contributed by atoms with Crippen molar-refractivity contribution in [3.8, 4) is 17.2 Å². The molecule has 186 valence electrons. The zero-order valence-corrected chi connectivity index (χ0v) is 20.9. The number of carboxylic acids is 1. The maximum atomic E-state index is 13.3. The number of nitrogens with zero attached hydrogens (tertiary/aromatic N) is 1. The molecule has 4 atom stereocenters. The van der Waals surface area contributed by atoms with E-state index in [2.05, 4.69) is 5.32 Å². The van der Waals surface area contributed by atoms with Crippen LogP contribution >= 0.6 is 11.8 Å². The number of rotatable bonds is 10. The molecule has 11 heteroatoms. The van der Waals surface area contributed by atoms with E-state index in [9.17, 15) is 24.3 Å². The Kier molecular flexibility index (Phi) is 7.07. The first-order valence-electron chi connectivity index (χ1n) is 10.9. The molecular weight excluding hydrogens is 464 g/mol. The Hall–Kier alpha value is -2.95. The minimum absolute atomic E-state index is 0.327. The van der Waals surface area contributed by atoms with Gasteiger partial charge in [-0.2, -0.15) is 0 Å². The second-order valence-corrected chi connectivity index (χ2v) is 10.5. The summed E-state index contributed by atoms with van der Waals surface area (Å²) in [6.45, 7) is 6.51. The molecule has 0 radical (unpaired) electrons. The Balaban J connectivity index is 1.87. The fourth-order valence-corrected chi connectivity index (χ4v) is 6.17. The number of thioether (sulfide) groups is 1. The van der Waals surface area contributed by atoms with Crippen LogP contribution < -0.4 is 19.5 Å². The van der Waals surface area contributed by atoms with Crippen molar-refractivity contribution in [2.75, 3.05) is 14.2 Å². The highest BCUT2D eigenvalue weighted by Gasteiger charge is 2.74. The topological polar surface area (TPSA) is 131 Å². The van der Waals surface area contributed by atoms with Gasteiger partial charge in [0, 0.05) is 10.8 Å². The van der Waals surface area contributed by atoms with Crippen molar-refractivity contribution in [1.82, 2.24) is 10.2 Å². The maximum absolute atomic E-state index is 13.3. The number of fused-ring (bicyclic) bond motifs is 1. The quantitative estimate of drug-likeness (QED) is 0.369. The number of Topliss-reactive ketones (excluding diaryl/α,β-unsaturated/α-hetero) is 1. The van der Waals surface area contributed by atoms with Gasteiger partial charge in [0.05, 0.1) is 14.2 Å². The summed E-state index contributed by atoms with van der Waals surface area (Å²) in [5.74, 6) is -1.78. The third-order valence-electron chi connectivity index (χ3n) is 6.13. The number of carbonyl (C=O) groups excluding carboxylic acids is 3. The number of methoxy groups -OCH3 is 2. The van der Waals surface area contributed by atoms with E-state index in [0.717, 1.165) is 0 Å². The summed E-state index contributed by atoms with van der Waals surface area (Å²) in [4.78, 5) is 52.2. The highest BCUT2D eigenvalue weighted by molar-refractivity contribution is 8.01. The van der Waals surface area contributed by atoms with Gasteiger partial charge in [-0.15, -0.1) is 11.8 Å². The molecule has 1 aromatic rings. The molecule has 0 saturated carbocycles. The molecule has 2 fully saturated rings. The van der Waals surface area contributed by atoms with E-state index in [4.69, 9.17) is 14.2 Å². The van der Waals surface area contributed by atoms with Gasteiger partial charge in [-0.1, -0.05) is 13.3 Å². The predicted molar refractivity (Wildman–Crippen MR) is 124 cm³/mol. The van der Waals surface area contributed by atoms with Crippen molar-refractivity contribution < 1.29 is 38.5 Å². The SMILES string of the molecule is CCCC(Oc1ccc(OC)c(OC)c1)C(=O)N[C@@]1(C(C)=O)C(=O)N2[C@@H](C(=O)O)C(C)(C)S[C@@H]21. The minimum atomic E-state index is -1.84. The summed E-state index contributed by atoms with van der Waals surface area (Å²) in [7, 11) is 2.98. The van der Waals surface area contributed by atoms with Crippen LogP contribution in [0.15, 0.2) is 18.2 Å². The summed E-state index contributed by atoms with van der Waals surface area (Å²) in [5.41, 5.74) is -1.84. The molecule has 0 bridgehead atoms. The standard InChI is InChI=1S/C23H30N2O8S/c1-7-8-15(33-13-9-10-14(31-5)16(11-13)32-6)18(27)24-23(12(2)26)20(30)25-17(19(28)29)22(3,4)34-21(23)25/h9-11,15,17,21H,7-8H2,1-6H3,(H,24,27)(H,28,29)/t15?,17-,21+,23-/m0/s1. The number of amides is 2. The summed E-state index contributed by atoms with van der Waals surface area (Å²) < 4.78 is 15.6. The van der Waals surface area contributed by atoms with Crippen molar-refractivity contribution in [3.63, 3.8) is 0 Å². The van der Waals surface area contributed by atoms with Crippen LogP contribution in [0.4, 0.5) is 0 Å². The van der Waals surface area contributed by atoms with Crippen LogP contribution in [-0.4, -0.2) is 75.6 Å². The van der Waals surface area contributed by atoms with Gasteiger partial charge in [0.25, 0.3) is 11.8 Å². The van der Waals surface area contributed by atoms with Crippen LogP contribution in [0, 0.1) is 0 Å². The van der Waals surface area contributed by atoms with Gasteiger partial charge in [0.1, 0.15) is 17.2 Å². The molecule has 0 spiro atoms. The number of carbonyl (C=O) groups is 4. The van der Waals surface area contributed by atoms with Crippen molar-refractivity contribution >= 4 is 35.3 Å².